The van der Waals surface area contributed by atoms with Gasteiger partial charge in [0.1, 0.15) is 11.4 Å². The Bertz CT molecular complexity index is 898. The van der Waals surface area contributed by atoms with Gasteiger partial charge in [-0.1, -0.05) is 23.7 Å². The third-order valence-electron chi connectivity index (χ3n) is 3.29. The highest BCUT2D eigenvalue weighted by atomic mass is 35.5. The summed E-state index contributed by atoms with van der Waals surface area (Å²) in [6.45, 7) is 1.64. The molecule has 0 atom stereocenters. The van der Waals surface area contributed by atoms with Crippen LogP contribution >= 0.6 is 11.6 Å². The quantitative estimate of drug-likeness (QED) is 0.631. The Hall–Kier alpha value is -2.67. The number of halogens is 4. The molecular formula is C17H11ClF3N3O. The molecule has 0 fully saturated rings. The number of ether oxygens (including phenoxy) is 1. The first kappa shape index (κ1) is 17.2. The topological polar surface area (TPSA) is 47.9 Å². The number of nitrogens with zero attached hydrogens (tertiary/aromatic N) is 3. The number of rotatable bonds is 3. The Labute approximate surface area is 146 Å². The van der Waals surface area contributed by atoms with E-state index in [1.54, 1.807) is 31.2 Å². The molecule has 0 aliphatic heterocycles. The van der Waals surface area contributed by atoms with Crippen molar-refractivity contribution in [2.45, 2.75) is 13.1 Å². The smallest absolute Gasteiger partial charge is 0.416 e. The molecule has 4 nitrogen and oxygen atoms in total. The Balaban J connectivity index is 1.95. The first-order chi connectivity index (χ1) is 11.8. The maximum atomic E-state index is 12.9. The van der Waals surface area contributed by atoms with Gasteiger partial charge in [0.2, 0.25) is 5.88 Å². The van der Waals surface area contributed by atoms with Crippen molar-refractivity contribution in [3.05, 3.63) is 64.8 Å². The molecule has 0 saturated heterocycles. The van der Waals surface area contributed by atoms with Gasteiger partial charge in [-0.15, -0.1) is 10.2 Å². The van der Waals surface area contributed by atoms with Crippen LogP contribution in [0.5, 0.6) is 11.6 Å². The first-order valence-corrected chi connectivity index (χ1v) is 7.53. The van der Waals surface area contributed by atoms with Gasteiger partial charge in [0.25, 0.3) is 0 Å². The van der Waals surface area contributed by atoms with Gasteiger partial charge in [-0.2, -0.15) is 18.2 Å². The van der Waals surface area contributed by atoms with Gasteiger partial charge >= 0.3 is 6.18 Å². The monoisotopic (exact) mass is 365 g/mol. The van der Waals surface area contributed by atoms with Crippen LogP contribution in [0.2, 0.25) is 5.02 Å². The van der Waals surface area contributed by atoms with Crippen LogP contribution in [0.1, 0.15) is 11.3 Å². The van der Waals surface area contributed by atoms with Crippen LogP contribution in [0, 0.1) is 6.92 Å². The fourth-order valence-electron chi connectivity index (χ4n) is 2.03. The van der Waals surface area contributed by atoms with E-state index in [2.05, 4.69) is 15.2 Å². The van der Waals surface area contributed by atoms with Crippen LogP contribution in [0.15, 0.2) is 48.5 Å². The zero-order chi connectivity index (χ0) is 18.0. The minimum atomic E-state index is -4.45. The molecular weight excluding hydrogens is 355 g/mol. The van der Waals surface area contributed by atoms with E-state index >= 15 is 0 Å². The normalized spacial score (nSPS) is 11.4. The number of aryl methyl sites for hydroxylation is 1. The minimum Gasteiger partial charge on any atom is -0.437 e. The minimum absolute atomic E-state index is 0.0423. The number of benzene rings is 2. The van der Waals surface area contributed by atoms with E-state index in [1.807, 2.05) is 0 Å². The molecule has 2 aromatic carbocycles. The van der Waals surface area contributed by atoms with E-state index in [0.29, 0.717) is 16.5 Å². The molecule has 0 N–H and O–H groups in total. The predicted molar refractivity (Wildman–Crippen MR) is 86.5 cm³/mol. The lowest BCUT2D eigenvalue weighted by atomic mass is 10.1. The molecule has 1 heterocycles. The predicted octanol–water partition coefficient (Wildman–Crippen LogP) is 5.31. The van der Waals surface area contributed by atoms with E-state index in [-0.39, 0.29) is 17.3 Å². The second-order valence-electron chi connectivity index (χ2n) is 5.16. The van der Waals surface area contributed by atoms with Crippen LogP contribution in [0.3, 0.4) is 0 Å². The van der Waals surface area contributed by atoms with Crippen molar-refractivity contribution in [2.24, 2.45) is 0 Å². The molecule has 0 spiro atoms. The summed E-state index contributed by atoms with van der Waals surface area (Å²) < 4.78 is 44.2. The van der Waals surface area contributed by atoms with Crippen molar-refractivity contribution in [3.8, 4) is 23.0 Å². The van der Waals surface area contributed by atoms with Crippen molar-refractivity contribution in [1.82, 2.24) is 15.2 Å². The van der Waals surface area contributed by atoms with Crippen molar-refractivity contribution in [3.63, 3.8) is 0 Å². The van der Waals surface area contributed by atoms with Crippen LogP contribution in [0.4, 0.5) is 13.2 Å². The fourth-order valence-corrected chi connectivity index (χ4v) is 2.16. The molecule has 0 unspecified atom stereocenters. The summed E-state index contributed by atoms with van der Waals surface area (Å²) in [6.07, 6.45) is -4.45. The summed E-state index contributed by atoms with van der Waals surface area (Å²) >= 11 is 5.82. The average molecular weight is 366 g/mol. The lowest BCUT2D eigenvalue weighted by Gasteiger charge is -2.10. The lowest BCUT2D eigenvalue weighted by Crippen LogP contribution is -2.05. The van der Waals surface area contributed by atoms with Crippen LogP contribution in [0.25, 0.3) is 11.4 Å². The Morgan fingerprint density at radius 2 is 1.72 bits per heavy atom. The summed E-state index contributed by atoms with van der Waals surface area (Å²) in [5, 5.41) is 8.33. The number of hydrogen-bond acceptors (Lipinski definition) is 4. The standard InChI is InChI=1S/C17H11ClF3N3O/c1-10-16(25-14-7-5-13(18)6-8-14)22-15(24-23-10)11-3-2-4-12(9-11)17(19,20)21/h2-9H,1H3. The van der Waals surface area contributed by atoms with E-state index in [0.717, 1.165) is 12.1 Å². The van der Waals surface area contributed by atoms with Gasteiger partial charge in [-0.25, -0.2) is 0 Å². The molecule has 0 radical (unpaired) electrons. The summed E-state index contributed by atoms with van der Waals surface area (Å²) in [5.74, 6) is 0.674. The van der Waals surface area contributed by atoms with Gasteiger partial charge in [-0.05, 0) is 43.3 Å². The highest BCUT2D eigenvalue weighted by Crippen LogP contribution is 2.32. The van der Waals surface area contributed by atoms with E-state index in [1.165, 1.54) is 12.1 Å². The molecule has 3 rings (SSSR count). The highest BCUT2D eigenvalue weighted by Gasteiger charge is 2.30. The van der Waals surface area contributed by atoms with Gasteiger partial charge in [-0.3, -0.25) is 0 Å². The third-order valence-corrected chi connectivity index (χ3v) is 3.54. The second kappa shape index (κ2) is 6.68. The lowest BCUT2D eigenvalue weighted by molar-refractivity contribution is -0.137. The van der Waals surface area contributed by atoms with Crippen molar-refractivity contribution >= 4 is 11.6 Å². The molecule has 1 aromatic heterocycles. The van der Waals surface area contributed by atoms with Crippen LogP contribution in [-0.2, 0) is 6.18 Å². The largest absolute Gasteiger partial charge is 0.437 e. The van der Waals surface area contributed by atoms with Gasteiger partial charge in [0.05, 0.1) is 5.56 Å². The van der Waals surface area contributed by atoms with Crippen LogP contribution in [-0.4, -0.2) is 15.2 Å². The van der Waals surface area contributed by atoms with Crippen molar-refractivity contribution < 1.29 is 17.9 Å². The molecule has 0 bridgehead atoms. The maximum Gasteiger partial charge on any atom is 0.416 e. The Kier molecular flexibility index (Phi) is 4.59. The number of hydrogen-bond donors (Lipinski definition) is 0. The van der Waals surface area contributed by atoms with E-state index < -0.39 is 11.7 Å². The zero-order valence-corrected chi connectivity index (χ0v) is 13.6. The van der Waals surface area contributed by atoms with E-state index in [4.69, 9.17) is 16.3 Å². The Morgan fingerprint density at radius 3 is 2.40 bits per heavy atom. The Morgan fingerprint density at radius 1 is 1.00 bits per heavy atom. The second-order valence-corrected chi connectivity index (χ2v) is 5.60. The van der Waals surface area contributed by atoms with Gasteiger partial charge < -0.3 is 4.74 Å². The average Bonchev–Trinajstić information content (AvgIpc) is 2.58. The fraction of sp³-hybridized carbons (Fsp3) is 0.118. The first-order valence-electron chi connectivity index (χ1n) is 7.15. The van der Waals surface area contributed by atoms with Crippen molar-refractivity contribution in [2.75, 3.05) is 0 Å². The summed E-state index contributed by atoms with van der Waals surface area (Å²) in [6, 6.07) is 11.3. The summed E-state index contributed by atoms with van der Waals surface area (Å²) in [5.41, 5.74) is -0.177. The van der Waals surface area contributed by atoms with Crippen LogP contribution < -0.4 is 4.74 Å². The summed E-state index contributed by atoms with van der Waals surface area (Å²) in [7, 11) is 0. The highest BCUT2D eigenvalue weighted by molar-refractivity contribution is 6.30. The third kappa shape index (κ3) is 4.06. The van der Waals surface area contributed by atoms with Gasteiger partial charge in [0, 0.05) is 10.6 Å². The van der Waals surface area contributed by atoms with Crippen molar-refractivity contribution in [1.29, 1.82) is 0 Å². The SMILES string of the molecule is Cc1nnc(-c2cccc(C(F)(F)F)c2)nc1Oc1ccc(Cl)cc1. The number of alkyl halides is 3. The molecule has 0 saturated carbocycles. The molecule has 3 aromatic rings. The summed E-state index contributed by atoms with van der Waals surface area (Å²) in [4.78, 5) is 4.19. The molecule has 25 heavy (non-hydrogen) atoms. The molecule has 0 aliphatic carbocycles. The molecule has 8 heteroatoms. The maximum absolute atomic E-state index is 12.9. The molecule has 128 valence electrons. The molecule has 0 amide bonds. The molecule has 0 aliphatic rings. The zero-order valence-electron chi connectivity index (χ0n) is 12.9. The number of aromatic nitrogens is 3. The van der Waals surface area contributed by atoms with Gasteiger partial charge in [0.15, 0.2) is 5.82 Å². The van der Waals surface area contributed by atoms with E-state index in [9.17, 15) is 13.2 Å².